The molecule has 1 N–H and O–H groups in total. The molecule has 2 rings (SSSR count). The SMILES string of the molecule is CC1(O)CN(CCCOc2ccc(F)cc2)C1. The topological polar surface area (TPSA) is 32.7 Å². The predicted molar refractivity (Wildman–Crippen MR) is 63.6 cm³/mol. The van der Waals surface area contributed by atoms with Gasteiger partial charge in [0.1, 0.15) is 11.6 Å². The van der Waals surface area contributed by atoms with E-state index in [0.717, 1.165) is 26.1 Å². The molecular weight excluding hydrogens is 221 g/mol. The van der Waals surface area contributed by atoms with Gasteiger partial charge in [-0.2, -0.15) is 0 Å². The summed E-state index contributed by atoms with van der Waals surface area (Å²) in [7, 11) is 0. The number of halogens is 1. The molecule has 1 aliphatic rings. The van der Waals surface area contributed by atoms with Crippen LogP contribution in [-0.4, -0.2) is 41.8 Å². The van der Waals surface area contributed by atoms with Gasteiger partial charge in [0, 0.05) is 19.6 Å². The van der Waals surface area contributed by atoms with Crippen LogP contribution in [0.4, 0.5) is 4.39 Å². The summed E-state index contributed by atoms with van der Waals surface area (Å²) in [6.45, 7) is 4.87. The largest absolute Gasteiger partial charge is 0.494 e. The molecule has 0 amide bonds. The Morgan fingerprint density at radius 2 is 2.00 bits per heavy atom. The van der Waals surface area contributed by atoms with E-state index in [9.17, 15) is 9.50 Å². The third-order valence-corrected chi connectivity index (χ3v) is 2.83. The summed E-state index contributed by atoms with van der Waals surface area (Å²) in [5.41, 5.74) is -0.502. The van der Waals surface area contributed by atoms with Gasteiger partial charge in [0.2, 0.25) is 0 Å². The first-order chi connectivity index (χ1) is 8.05. The number of aliphatic hydroxyl groups is 1. The molecule has 1 aromatic rings. The van der Waals surface area contributed by atoms with Crippen molar-refractivity contribution in [3.05, 3.63) is 30.1 Å². The van der Waals surface area contributed by atoms with Gasteiger partial charge in [0.25, 0.3) is 0 Å². The maximum atomic E-state index is 12.6. The average Bonchev–Trinajstić information content (AvgIpc) is 2.24. The van der Waals surface area contributed by atoms with Crippen LogP contribution < -0.4 is 4.74 Å². The second-order valence-corrected chi connectivity index (χ2v) is 4.86. The van der Waals surface area contributed by atoms with E-state index in [4.69, 9.17) is 4.74 Å². The van der Waals surface area contributed by atoms with E-state index < -0.39 is 5.60 Å². The molecule has 0 bridgehead atoms. The third-order valence-electron chi connectivity index (χ3n) is 2.83. The molecule has 94 valence electrons. The number of β-amino-alcohol motifs (C(OH)–C–C–N with tert-alkyl or cyclic N) is 1. The summed E-state index contributed by atoms with van der Waals surface area (Å²) < 4.78 is 18.1. The molecule has 1 heterocycles. The molecule has 1 aromatic carbocycles. The lowest BCUT2D eigenvalue weighted by molar-refractivity contribution is -0.0840. The van der Waals surface area contributed by atoms with Crippen molar-refractivity contribution in [1.82, 2.24) is 4.90 Å². The molecule has 1 aliphatic heterocycles. The minimum atomic E-state index is -0.502. The van der Waals surface area contributed by atoms with Crippen LogP contribution in [0.3, 0.4) is 0 Å². The number of hydrogen-bond acceptors (Lipinski definition) is 3. The fourth-order valence-electron chi connectivity index (χ4n) is 2.08. The molecular formula is C13H18FNO2. The molecule has 4 heteroatoms. The van der Waals surface area contributed by atoms with E-state index in [1.807, 2.05) is 6.92 Å². The summed E-state index contributed by atoms with van der Waals surface area (Å²) in [6.07, 6.45) is 0.910. The number of hydrogen-bond donors (Lipinski definition) is 1. The minimum absolute atomic E-state index is 0.250. The van der Waals surface area contributed by atoms with Crippen LogP contribution in [0.2, 0.25) is 0 Å². The van der Waals surface area contributed by atoms with Gasteiger partial charge in [-0.3, -0.25) is 4.90 Å². The number of nitrogens with zero attached hydrogens (tertiary/aromatic N) is 1. The van der Waals surface area contributed by atoms with Gasteiger partial charge in [0.15, 0.2) is 0 Å². The van der Waals surface area contributed by atoms with Crippen molar-refractivity contribution >= 4 is 0 Å². The Kier molecular flexibility index (Phi) is 3.64. The maximum Gasteiger partial charge on any atom is 0.123 e. The van der Waals surface area contributed by atoms with Gasteiger partial charge in [-0.1, -0.05) is 0 Å². The van der Waals surface area contributed by atoms with Gasteiger partial charge < -0.3 is 9.84 Å². The second kappa shape index (κ2) is 5.02. The first-order valence-electron chi connectivity index (χ1n) is 5.88. The van der Waals surface area contributed by atoms with Crippen molar-refractivity contribution in [3.63, 3.8) is 0 Å². The highest BCUT2D eigenvalue weighted by Crippen LogP contribution is 2.19. The van der Waals surface area contributed by atoms with Crippen molar-refractivity contribution in [2.45, 2.75) is 18.9 Å². The molecule has 3 nitrogen and oxygen atoms in total. The van der Waals surface area contributed by atoms with E-state index in [2.05, 4.69) is 4.90 Å². The van der Waals surface area contributed by atoms with Crippen molar-refractivity contribution in [2.75, 3.05) is 26.2 Å². The number of ether oxygens (including phenoxy) is 1. The van der Waals surface area contributed by atoms with Crippen LogP contribution in [-0.2, 0) is 0 Å². The van der Waals surface area contributed by atoms with Crippen LogP contribution in [0.25, 0.3) is 0 Å². The van der Waals surface area contributed by atoms with Gasteiger partial charge >= 0.3 is 0 Å². The van der Waals surface area contributed by atoms with Crippen LogP contribution in [0, 0.1) is 5.82 Å². The Bertz CT molecular complexity index is 356. The Labute approximate surface area is 101 Å². The van der Waals surface area contributed by atoms with E-state index in [-0.39, 0.29) is 5.82 Å². The molecule has 0 spiro atoms. The highest BCUT2D eigenvalue weighted by Gasteiger charge is 2.35. The molecule has 0 aromatic heterocycles. The Balaban J connectivity index is 1.59. The second-order valence-electron chi connectivity index (χ2n) is 4.86. The zero-order valence-electron chi connectivity index (χ0n) is 10.0. The van der Waals surface area contributed by atoms with E-state index in [0.29, 0.717) is 12.4 Å². The zero-order chi connectivity index (χ0) is 12.3. The van der Waals surface area contributed by atoms with Gasteiger partial charge in [-0.15, -0.1) is 0 Å². The lowest BCUT2D eigenvalue weighted by atomic mass is 9.97. The van der Waals surface area contributed by atoms with Gasteiger partial charge in [-0.05, 0) is 37.6 Å². The average molecular weight is 239 g/mol. The summed E-state index contributed by atoms with van der Waals surface area (Å²) in [6, 6.07) is 6.04. The molecule has 0 aliphatic carbocycles. The molecule has 1 fully saturated rings. The summed E-state index contributed by atoms with van der Waals surface area (Å²) >= 11 is 0. The third kappa shape index (κ3) is 3.68. The lowest BCUT2D eigenvalue weighted by Crippen LogP contribution is -2.59. The van der Waals surface area contributed by atoms with Crippen LogP contribution >= 0.6 is 0 Å². The number of benzene rings is 1. The Hall–Kier alpha value is -1.13. The van der Waals surface area contributed by atoms with Gasteiger partial charge in [-0.25, -0.2) is 4.39 Å². The quantitative estimate of drug-likeness (QED) is 0.793. The van der Waals surface area contributed by atoms with E-state index in [1.165, 1.54) is 12.1 Å². The highest BCUT2D eigenvalue weighted by atomic mass is 19.1. The predicted octanol–water partition coefficient (Wildman–Crippen LogP) is 1.66. The molecule has 0 unspecified atom stereocenters. The molecule has 0 radical (unpaired) electrons. The molecule has 1 saturated heterocycles. The van der Waals surface area contributed by atoms with Crippen LogP contribution in [0.5, 0.6) is 5.75 Å². The Morgan fingerprint density at radius 1 is 1.35 bits per heavy atom. The van der Waals surface area contributed by atoms with Crippen molar-refractivity contribution < 1.29 is 14.2 Å². The Morgan fingerprint density at radius 3 is 2.59 bits per heavy atom. The fourth-order valence-corrected chi connectivity index (χ4v) is 2.08. The molecule has 0 saturated carbocycles. The summed E-state index contributed by atoms with van der Waals surface area (Å²) in [5, 5.41) is 9.54. The standard InChI is InChI=1S/C13H18FNO2/c1-13(16)9-15(10-13)7-2-8-17-12-5-3-11(14)4-6-12/h3-6,16H,2,7-10H2,1H3. The minimum Gasteiger partial charge on any atom is -0.494 e. The number of rotatable bonds is 5. The van der Waals surface area contributed by atoms with E-state index in [1.54, 1.807) is 12.1 Å². The lowest BCUT2D eigenvalue weighted by Gasteiger charge is -2.44. The van der Waals surface area contributed by atoms with Crippen molar-refractivity contribution in [2.24, 2.45) is 0 Å². The smallest absolute Gasteiger partial charge is 0.123 e. The fraction of sp³-hybridized carbons (Fsp3) is 0.538. The normalized spacial score (nSPS) is 18.8. The van der Waals surface area contributed by atoms with Gasteiger partial charge in [0.05, 0.1) is 12.2 Å². The number of likely N-dealkylation sites (tertiary alicyclic amines) is 1. The van der Waals surface area contributed by atoms with Crippen molar-refractivity contribution in [1.29, 1.82) is 0 Å². The van der Waals surface area contributed by atoms with Crippen molar-refractivity contribution in [3.8, 4) is 5.75 Å². The highest BCUT2D eigenvalue weighted by molar-refractivity contribution is 5.21. The van der Waals surface area contributed by atoms with Crippen LogP contribution in [0.15, 0.2) is 24.3 Å². The molecule has 0 atom stereocenters. The maximum absolute atomic E-state index is 12.6. The zero-order valence-corrected chi connectivity index (χ0v) is 10.0. The summed E-state index contributed by atoms with van der Waals surface area (Å²) in [4.78, 5) is 2.19. The summed E-state index contributed by atoms with van der Waals surface area (Å²) in [5.74, 6) is 0.446. The van der Waals surface area contributed by atoms with Crippen LogP contribution in [0.1, 0.15) is 13.3 Å². The monoisotopic (exact) mass is 239 g/mol. The first kappa shape index (κ1) is 12.3. The molecule has 17 heavy (non-hydrogen) atoms. The first-order valence-corrected chi connectivity index (χ1v) is 5.88. The van der Waals surface area contributed by atoms with E-state index >= 15 is 0 Å².